The van der Waals surface area contributed by atoms with E-state index in [2.05, 4.69) is 59.3 Å². The molecule has 0 saturated carbocycles. The molecule has 3 heterocycles. The summed E-state index contributed by atoms with van der Waals surface area (Å²) in [6, 6.07) is 15.2. The molecule has 1 N–H and O–H groups in total. The van der Waals surface area contributed by atoms with E-state index in [-0.39, 0.29) is 0 Å². The van der Waals surface area contributed by atoms with Crippen LogP contribution in [0.2, 0.25) is 0 Å². The maximum atomic E-state index is 11.1. The smallest absolute Gasteiger partial charge is 0.143 e. The van der Waals surface area contributed by atoms with Gasteiger partial charge >= 0.3 is 0 Å². The molecule has 3 aromatic rings. The van der Waals surface area contributed by atoms with Crippen LogP contribution in [0.4, 0.5) is 5.69 Å². The van der Waals surface area contributed by atoms with Crippen molar-refractivity contribution in [2.24, 2.45) is 0 Å². The van der Waals surface area contributed by atoms with Gasteiger partial charge in [-0.3, -0.25) is 0 Å². The molecule has 1 fully saturated rings. The van der Waals surface area contributed by atoms with Gasteiger partial charge in [0.15, 0.2) is 0 Å². The van der Waals surface area contributed by atoms with E-state index < -0.39 is 0 Å². The van der Waals surface area contributed by atoms with E-state index in [4.69, 9.17) is 4.74 Å². The Bertz CT molecular complexity index is 945. The highest BCUT2D eigenvalue weighted by Crippen LogP contribution is 2.44. The molecule has 4 nitrogen and oxygen atoms in total. The zero-order chi connectivity index (χ0) is 18.4. The second kappa shape index (κ2) is 6.82. The summed E-state index contributed by atoms with van der Waals surface area (Å²) < 4.78 is 6.79. The van der Waals surface area contributed by atoms with Crippen molar-refractivity contribution in [3.05, 3.63) is 58.5 Å². The fourth-order valence-corrected chi connectivity index (χ4v) is 5.53. The Morgan fingerprint density at radius 1 is 1.11 bits per heavy atom. The standard InChI is InChI=1S/C22H24N2O2S/c1-23-13-17(21-12-15-4-2-3-5-20(15)27-21)16-6-7-19(22(25)18(16)14-23)24-8-10-26-11-9-24/h2-7,12,17,25H,8-11,13-14H2,1H3. The molecule has 5 heteroatoms. The van der Waals surface area contributed by atoms with Crippen molar-refractivity contribution < 1.29 is 9.84 Å². The van der Waals surface area contributed by atoms with Crippen LogP contribution in [-0.4, -0.2) is 49.9 Å². The van der Waals surface area contributed by atoms with Crippen molar-refractivity contribution in [1.29, 1.82) is 0 Å². The van der Waals surface area contributed by atoms with Gasteiger partial charge in [0.1, 0.15) is 5.75 Å². The zero-order valence-electron chi connectivity index (χ0n) is 15.5. The van der Waals surface area contributed by atoms with E-state index in [1.807, 2.05) is 11.3 Å². The van der Waals surface area contributed by atoms with Crippen molar-refractivity contribution in [1.82, 2.24) is 4.90 Å². The van der Waals surface area contributed by atoms with Gasteiger partial charge in [0.25, 0.3) is 0 Å². The molecule has 2 aromatic carbocycles. The SMILES string of the molecule is CN1Cc2c(ccc(N3CCOCC3)c2O)C(c2cc3ccccc3s2)C1. The number of hydrogen-bond acceptors (Lipinski definition) is 5. The molecule has 2 aliphatic heterocycles. The monoisotopic (exact) mass is 380 g/mol. The van der Waals surface area contributed by atoms with Gasteiger partial charge in [0.05, 0.1) is 18.9 Å². The van der Waals surface area contributed by atoms with Crippen molar-refractivity contribution in [3.8, 4) is 5.75 Å². The molecule has 2 aliphatic rings. The molecular formula is C22H24N2O2S. The highest BCUT2D eigenvalue weighted by molar-refractivity contribution is 7.19. The van der Waals surface area contributed by atoms with Crippen molar-refractivity contribution in [3.63, 3.8) is 0 Å². The van der Waals surface area contributed by atoms with Crippen molar-refractivity contribution in [2.75, 3.05) is 44.8 Å². The highest BCUT2D eigenvalue weighted by atomic mass is 32.1. The molecule has 1 atom stereocenters. The van der Waals surface area contributed by atoms with Gasteiger partial charge in [0.2, 0.25) is 0 Å². The number of benzene rings is 2. The van der Waals surface area contributed by atoms with E-state index in [1.54, 1.807) is 0 Å². The van der Waals surface area contributed by atoms with Gasteiger partial charge < -0.3 is 19.6 Å². The molecule has 5 rings (SSSR count). The average molecular weight is 381 g/mol. The fraction of sp³-hybridized carbons (Fsp3) is 0.364. The average Bonchev–Trinajstić information content (AvgIpc) is 3.13. The van der Waals surface area contributed by atoms with Crippen LogP contribution in [0.25, 0.3) is 10.1 Å². The number of ether oxygens (including phenoxy) is 1. The molecule has 0 spiro atoms. The fourth-order valence-electron chi connectivity index (χ4n) is 4.35. The number of anilines is 1. The summed E-state index contributed by atoms with van der Waals surface area (Å²) >= 11 is 1.87. The van der Waals surface area contributed by atoms with E-state index in [9.17, 15) is 5.11 Å². The quantitative estimate of drug-likeness (QED) is 0.728. The van der Waals surface area contributed by atoms with Gasteiger partial charge in [0, 0.05) is 47.2 Å². The number of morpholine rings is 1. The third kappa shape index (κ3) is 3.00. The molecular weight excluding hydrogens is 356 g/mol. The Labute approximate surface area is 163 Å². The number of likely N-dealkylation sites (N-methyl/N-ethyl adjacent to an activating group) is 1. The van der Waals surface area contributed by atoms with Crippen molar-refractivity contribution >= 4 is 27.1 Å². The molecule has 27 heavy (non-hydrogen) atoms. The molecule has 0 radical (unpaired) electrons. The van der Waals surface area contributed by atoms with Crippen LogP contribution >= 0.6 is 11.3 Å². The summed E-state index contributed by atoms with van der Waals surface area (Å²) in [5.74, 6) is 0.757. The number of rotatable bonds is 2. The first kappa shape index (κ1) is 17.0. The third-order valence-corrected chi connectivity index (χ3v) is 6.96. The van der Waals surface area contributed by atoms with Gasteiger partial charge in [-0.15, -0.1) is 11.3 Å². The lowest BCUT2D eigenvalue weighted by molar-refractivity contribution is 0.122. The van der Waals surface area contributed by atoms with Gasteiger partial charge in [-0.1, -0.05) is 24.3 Å². The summed E-state index contributed by atoms with van der Waals surface area (Å²) in [6.45, 7) is 4.89. The first-order valence-electron chi connectivity index (χ1n) is 9.55. The highest BCUT2D eigenvalue weighted by Gasteiger charge is 2.30. The largest absolute Gasteiger partial charge is 0.505 e. The normalized spacial score (nSPS) is 20.8. The van der Waals surface area contributed by atoms with Gasteiger partial charge in [-0.25, -0.2) is 0 Å². The Hall–Kier alpha value is -2.08. The van der Waals surface area contributed by atoms with E-state index in [0.717, 1.165) is 50.6 Å². The van der Waals surface area contributed by atoms with E-state index >= 15 is 0 Å². The van der Waals surface area contributed by atoms with Gasteiger partial charge in [-0.2, -0.15) is 0 Å². The first-order chi connectivity index (χ1) is 13.2. The van der Waals surface area contributed by atoms with Crippen LogP contribution in [-0.2, 0) is 11.3 Å². The van der Waals surface area contributed by atoms with Crippen LogP contribution in [0.1, 0.15) is 21.9 Å². The maximum Gasteiger partial charge on any atom is 0.143 e. The molecule has 140 valence electrons. The third-order valence-electron chi connectivity index (χ3n) is 5.74. The summed E-state index contributed by atoms with van der Waals surface area (Å²) in [5.41, 5.74) is 3.30. The minimum absolute atomic E-state index is 0.306. The lowest BCUT2D eigenvalue weighted by Crippen LogP contribution is -2.37. The molecule has 1 unspecified atom stereocenters. The molecule has 0 aliphatic carbocycles. The minimum Gasteiger partial charge on any atom is -0.505 e. The second-order valence-electron chi connectivity index (χ2n) is 7.54. The van der Waals surface area contributed by atoms with E-state index in [1.165, 1.54) is 20.5 Å². The predicted molar refractivity (Wildman–Crippen MR) is 111 cm³/mol. The predicted octanol–water partition coefficient (Wildman–Crippen LogP) is 4.02. The Kier molecular flexibility index (Phi) is 4.31. The molecule has 1 saturated heterocycles. The molecule has 0 amide bonds. The zero-order valence-corrected chi connectivity index (χ0v) is 16.3. The second-order valence-corrected chi connectivity index (χ2v) is 8.65. The number of nitrogens with zero attached hydrogens (tertiary/aromatic N) is 2. The number of phenols is 1. The Balaban J connectivity index is 1.57. The van der Waals surface area contributed by atoms with Crippen LogP contribution in [0.5, 0.6) is 5.75 Å². The number of hydrogen-bond donors (Lipinski definition) is 1. The number of fused-ring (bicyclic) bond motifs is 2. The lowest BCUT2D eigenvalue weighted by Gasteiger charge is -2.35. The van der Waals surface area contributed by atoms with Crippen molar-refractivity contribution in [2.45, 2.75) is 12.5 Å². The summed E-state index contributed by atoms with van der Waals surface area (Å²) in [7, 11) is 2.14. The molecule has 0 bridgehead atoms. The Morgan fingerprint density at radius 3 is 2.74 bits per heavy atom. The van der Waals surface area contributed by atoms with Crippen LogP contribution in [0.15, 0.2) is 42.5 Å². The van der Waals surface area contributed by atoms with Crippen LogP contribution in [0.3, 0.4) is 0 Å². The Morgan fingerprint density at radius 2 is 1.93 bits per heavy atom. The molecule has 1 aromatic heterocycles. The summed E-state index contributed by atoms with van der Waals surface area (Å²) in [6.07, 6.45) is 0. The number of phenolic OH excluding ortho intramolecular Hbond substituents is 1. The van der Waals surface area contributed by atoms with Crippen LogP contribution in [0, 0.1) is 0 Å². The maximum absolute atomic E-state index is 11.1. The topological polar surface area (TPSA) is 35.9 Å². The lowest BCUT2D eigenvalue weighted by atomic mass is 9.87. The summed E-state index contributed by atoms with van der Waals surface area (Å²) in [5, 5.41) is 12.4. The van der Waals surface area contributed by atoms with Crippen LogP contribution < -0.4 is 4.90 Å². The minimum atomic E-state index is 0.306. The van der Waals surface area contributed by atoms with E-state index in [0.29, 0.717) is 11.7 Å². The number of thiophene rings is 1. The summed E-state index contributed by atoms with van der Waals surface area (Å²) in [4.78, 5) is 5.94. The number of aromatic hydroxyl groups is 1. The first-order valence-corrected chi connectivity index (χ1v) is 10.4. The van der Waals surface area contributed by atoms with Gasteiger partial charge in [-0.05, 0) is 36.2 Å².